The zero-order valence-electron chi connectivity index (χ0n) is 8.74. The Labute approximate surface area is 93.8 Å². The Morgan fingerprint density at radius 1 is 1.53 bits per heavy atom. The summed E-state index contributed by atoms with van der Waals surface area (Å²) in [5.41, 5.74) is 5.57. The smallest absolute Gasteiger partial charge is 0.184 e. The highest BCUT2D eigenvalue weighted by atomic mass is 32.1. The molecule has 2 rings (SSSR count). The van der Waals surface area contributed by atoms with E-state index in [1.807, 2.05) is 0 Å². The fourth-order valence-corrected chi connectivity index (χ4v) is 2.42. The highest BCUT2D eigenvalue weighted by Crippen LogP contribution is 2.21. The minimum absolute atomic E-state index is 0.494. The molecule has 15 heavy (non-hydrogen) atoms. The van der Waals surface area contributed by atoms with E-state index in [1.165, 1.54) is 37.0 Å². The van der Waals surface area contributed by atoms with Gasteiger partial charge in [0.1, 0.15) is 5.00 Å². The number of ether oxygens (including phenoxy) is 1. The van der Waals surface area contributed by atoms with Crippen molar-refractivity contribution in [2.75, 3.05) is 24.2 Å². The van der Waals surface area contributed by atoms with E-state index >= 15 is 0 Å². The molecule has 0 aliphatic heterocycles. The van der Waals surface area contributed by atoms with Gasteiger partial charge in [-0.3, -0.25) is 0 Å². The molecule has 1 aliphatic carbocycles. The first-order valence-corrected chi connectivity index (χ1v) is 6.23. The molecule has 5 heteroatoms. The molecule has 3 N–H and O–H groups in total. The van der Waals surface area contributed by atoms with E-state index in [2.05, 4.69) is 10.3 Å². The van der Waals surface area contributed by atoms with Crippen LogP contribution in [0.15, 0.2) is 6.20 Å². The number of hydrogen-bond donors (Lipinski definition) is 2. The molecule has 1 aliphatic rings. The van der Waals surface area contributed by atoms with Crippen LogP contribution in [0.3, 0.4) is 0 Å². The van der Waals surface area contributed by atoms with Gasteiger partial charge in [0.2, 0.25) is 0 Å². The Morgan fingerprint density at radius 2 is 2.33 bits per heavy atom. The summed E-state index contributed by atoms with van der Waals surface area (Å²) in [6, 6.07) is 0. The number of nitrogens with two attached hydrogens (primary N) is 1. The second-order valence-electron chi connectivity index (χ2n) is 3.77. The maximum absolute atomic E-state index is 5.71. The average Bonchev–Trinajstić information content (AvgIpc) is 2.84. The number of aromatic nitrogens is 1. The van der Waals surface area contributed by atoms with Gasteiger partial charge in [0.05, 0.1) is 18.9 Å². The van der Waals surface area contributed by atoms with Crippen molar-refractivity contribution in [1.82, 2.24) is 4.98 Å². The van der Waals surface area contributed by atoms with Crippen LogP contribution in [-0.4, -0.2) is 24.2 Å². The lowest BCUT2D eigenvalue weighted by Gasteiger charge is -2.10. The minimum atomic E-state index is 0.494. The molecule has 1 fully saturated rings. The SMILES string of the molecule is Nc1cnc(NCCOC2CCCC2)s1. The predicted octanol–water partition coefficient (Wildman–Crippen LogP) is 2.10. The van der Waals surface area contributed by atoms with Gasteiger partial charge >= 0.3 is 0 Å². The van der Waals surface area contributed by atoms with Crippen molar-refractivity contribution in [2.45, 2.75) is 31.8 Å². The first kappa shape index (κ1) is 10.7. The van der Waals surface area contributed by atoms with Gasteiger partial charge in [-0.25, -0.2) is 4.98 Å². The van der Waals surface area contributed by atoms with Crippen molar-refractivity contribution in [2.24, 2.45) is 0 Å². The van der Waals surface area contributed by atoms with Gasteiger partial charge in [-0.2, -0.15) is 0 Å². The second-order valence-corrected chi connectivity index (χ2v) is 4.83. The normalized spacial score (nSPS) is 17.1. The fraction of sp³-hybridized carbons (Fsp3) is 0.700. The Hall–Kier alpha value is -0.810. The topological polar surface area (TPSA) is 60.2 Å². The average molecular weight is 227 g/mol. The van der Waals surface area contributed by atoms with Crippen LogP contribution in [-0.2, 0) is 4.74 Å². The van der Waals surface area contributed by atoms with Crippen molar-refractivity contribution in [1.29, 1.82) is 0 Å². The first-order valence-electron chi connectivity index (χ1n) is 5.41. The van der Waals surface area contributed by atoms with Gasteiger partial charge in [-0.05, 0) is 12.8 Å². The highest BCUT2D eigenvalue weighted by Gasteiger charge is 2.14. The highest BCUT2D eigenvalue weighted by molar-refractivity contribution is 7.19. The molecule has 84 valence electrons. The third kappa shape index (κ3) is 3.35. The summed E-state index contributed by atoms with van der Waals surface area (Å²) in [6.07, 6.45) is 7.26. The first-order chi connectivity index (χ1) is 7.34. The summed E-state index contributed by atoms with van der Waals surface area (Å²) in [5.74, 6) is 0. The van der Waals surface area contributed by atoms with Gasteiger partial charge in [0.15, 0.2) is 5.13 Å². The van der Waals surface area contributed by atoms with E-state index < -0.39 is 0 Å². The third-order valence-electron chi connectivity index (χ3n) is 2.56. The standard InChI is InChI=1S/C10H17N3OS/c11-9-7-13-10(15-9)12-5-6-14-8-3-1-2-4-8/h7-8H,1-6,11H2,(H,12,13). The quantitative estimate of drug-likeness (QED) is 0.756. The van der Waals surface area contributed by atoms with Crippen LogP contribution in [0.5, 0.6) is 0 Å². The van der Waals surface area contributed by atoms with Crippen LogP contribution in [0, 0.1) is 0 Å². The largest absolute Gasteiger partial charge is 0.389 e. The number of rotatable bonds is 5. The van der Waals surface area contributed by atoms with Gasteiger partial charge in [0.25, 0.3) is 0 Å². The molecule has 0 unspecified atom stereocenters. The molecule has 0 atom stereocenters. The van der Waals surface area contributed by atoms with Crippen molar-refractivity contribution in [3.05, 3.63) is 6.20 Å². The summed E-state index contributed by atoms with van der Waals surface area (Å²) in [6.45, 7) is 1.56. The Bertz CT molecular complexity index is 297. The van der Waals surface area contributed by atoms with E-state index in [9.17, 15) is 0 Å². The van der Waals surface area contributed by atoms with E-state index in [-0.39, 0.29) is 0 Å². The molecule has 1 aromatic rings. The summed E-state index contributed by atoms with van der Waals surface area (Å²) in [5, 5.41) is 4.81. The molecule has 4 nitrogen and oxygen atoms in total. The maximum atomic E-state index is 5.71. The molecule has 0 amide bonds. The number of hydrogen-bond acceptors (Lipinski definition) is 5. The summed E-state index contributed by atoms with van der Waals surface area (Å²) in [4.78, 5) is 4.11. The monoisotopic (exact) mass is 227 g/mol. The van der Waals surface area contributed by atoms with E-state index in [0.29, 0.717) is 6.10 Å². The number of anilines is 2. The molecule has 0 saturated heterocycles. The lowest BCUT2D eigenvalue weighted by Crippen LogP contribution is -2.15. The Morgan fingerprint density at radius 3 is 3.00 bits per heavy atom. The zero-order valence-corrected chi connectivity index (χ0v) is 9.55. The van der Waals surface area contributed by atoms with Gasteiger partial charge < -0.3 is 15.8 Å². The lowest BCUT2D eigenvalue weighted by atomic mass is 10.3. The van der Waals surface area contributed by atoms with E-state index in [1.54, 1.807) is 6.20 Å². The molecule has 0 aromatic carbocycles. The molecule has 0 radical (unpaired) electrons. The predicted molar refractivity (Wildman–Crippen MR) is 63.2 cm³/mol. The zero-order chi connectivity index (χ0) is 10.5. The number of thiazole rings is 1. The van der Waals surface area contributed by atoms with Crippen LogP contribution in [0.1, 0.15) is 25.7 Å². The lowest BCUT2D eigenvalue weighted by molar-refractivity contribution is 0.0659. The van der Waals surface area contributed by atoms with Gasteiger partial charge in [0, 0.05) is 6.54 Å². The van der Waals surface area contributed by atoms with E-state index in [4.69, 9.17) is 10.5 Å². The van der Waals surface area contributed by atoms with Crippen LogP contribution >= 0.6 is 11.3 Å². The van der Waals surface area contributed by atoms with Gasteiger partial charge in [-0.15, -0.1) is 0 Å². The van der Waals surface area contributed by atoms with Gasteiger partial charge in [-0.1, -0.05) is 24.2 Å². The van der Waals surface area contributed by atoms with Crippen molar-refractivity contribution in [3.8, 4) is 0 Å². The summed E-state index contributed by atoms with van der Waals surface area (Å²) in [7, 11) is 0. The van der Waals surface area contributed by atoms with Crippen molar-refractivity contribution in [3.63, 3.8) is 0 Å². The Kier molecular flexibility index (Phi) is 3.80. The molecule has 0 bridgehead atoms. The van der Waals surface area contributed by atoms with E-state index in [0.717, 1.165) is 23.3 Å². The Balaban J connectivity index is 1.58. The molecular weight excluding hydrogens is 210 g/mol. The molecule has 1 heterocycles. The van der Waals surface area contributed by atoms with Crippen LogP contribution < -0.4 is 11.1 Å². The van der Waals surface area contributed by atoms with Crippen LogP contribution in [0.4, 0.5) is 10.1 Å². The molecule has 1 aromatic heterocycles. The number of nitrogens with zero attached hydrogens (tertiary/aromatic N) is 1. The fourth-order valence-electron chi connectivity index (χ4n) is 1.81. The maximum Gasteiger partial charge on any atom is 0.184 e. The molecular formula is C10H17N3OS. The summed E-state index contributed by atoms with van der Waals surface area (Å²) < 4.78 is 5.71. The molecule has 0 spiro atoms. The minimum Gasteiger partial charge on any atom is -0.389 e. The third-order valence-corrected chi connectivity index (χ3v) is 3.34. The second kappa shape index (κ2) is 5.32. The number of nitrogen functional groups attached to an aromatic ring is 1. The number of nitrogens with one attached hydrogen (secondary N) is 1. The van der Waals surface area contributed by atoms with Crippen molar-refractivity contribution >= 4 is 21.5 Å². The van der Waals surface area contributed by atoms with Crippen molar-refractivity contribution < 1.29 is 4.74 Å². The van der Waals surface area contributed by atoms with Crippen LogP contribution in [0.2, 0.25) is 0 Å². The molecule has 1 saturated carbocycles. The van der Waals surface area contributed by atoms with Crippen LogP contribution in [0.25, 0.3) is 0 Å². The summed E-state index contributed by atoms with van der Waals surface area (Å²) >= 11 is 1.47.